The maximum atomic E-state index is 11.5. The molecule has 4 heteroatoms. The van der Waals surface area contributed by atoms with Crippen molar-refractivity contribution in [2.24, 2.45) is 5.92 Å². The standard InChI is InChI=1S/C16H20BrNO2/c1-10-6-7-18(15(10)16(19)20)14-5-3-11-8-13(17)4-2-12(11)9-14/h2,4,8,10,14-15H,3,5-7,9H2,1H3,(H,19,20). The molecule has 1 aliphatic carbocycles. The lowest BCUT2D eigenvalue weighted by Crippen LogP contribution is -2.47. The molecule has 3 nitrogen and oxygen atoms in total. The van der Waals surface area contributed by atoms with Gasteiger partial charge in [0, 0.05) is 10.5 Å². The van der Waals surface area contributed by atoms with Gasteiger partial charge in [-0.2, -0.15) is 0 Å². The zero-order valence-corrected chi connectivity index (χ0v) is 13.3. The average molecular weight is 338 g/mol. The number of aliphatic carboxylic acids is 1. The number of nitrogens with zero attached hydrogens (tertiary/aromatic N) is 1. The number of aryl methyl sites for hydroxylation is 1. The van der Waals surface area contributed by atoms with E-state index in [9.17, 15) is 9.90 Å². The molecule has 1 heterocycles. The van der Waals surface area contributed by atoms with Crippen LogP contribution in [0.4, 0.5) is 0 Å². The fourth-order valence-corrected chi connectivity index (χ4v) is 4.17. The number of carbonyl (C=O) groups is 1. The first kappa shape index (κ1) is 14.1. The topological polar surface area (TPSA) is 40.5 Å². The normalized spacial score (nSPS) is 30.2. The minimum atomic E-state index is -0.656. The summed E-state index contributed by atoms with van der Waals surface area (Å²) in [4.78, 5) is 13.7. The Morgan fingerprint density at radius 2 is 2.15 bits per heavy atom. The first-order valence-electron chi connectivity index (χ1n) is 7.32. The van der Waals surface area contributed by atoms with E-state index in [1.54, 1.807) is 0 Å². The number of hydrogen-bond donors (Lipinski definition) is 1. The summed E-state index contributed by atoms with van der Waals surface area (Å²) in [6, 6.07) is 6.56. The molecular weight excluding hydrogens is 318 g/mol. The Balaban J connectivity index is 1.80. The summed E-state index contributed by atoms with van der Waals surface area (Å²) in [6.07, 6.45) is 4.11. The number of carboxylic acid groups (broad SMARTS) is 1. The predicted octanol–water partition coefficient (Wildman–Crippen LogP) is 3.10. The number of carboxylic acids is 1. The second kappa shape index (κ2) is 5.49. The Morgan fingerprint density at radius 1 is 1.35 bits per heavy atom. The molecule has 1 saturated heterocycles. The third-order valence-electron chi connectivity index (χ3n) is 4.83. The van der Waals surface area contributed by atoms with E-state index < -0.39 is 5.97 Å². The molecule has 1 aliphatic heterocycles. The number of rotatable bonds is 2. The summed E-state index contributed by atoms with van der Waals surface area (Å²) in [5.41, 5.74) is 2.79. The summed E-state index contributed by atoms with van der Waals surface area (Å²) in [6.45, 7) is 2.99. The molecule has 3 atom stereocenters. The van der Waals surface area contributed by atoms with Crippen molar-refractivity contribution in [1.29, 1.82) is 0 Å². The molecule has 3 rings (SSSR count). The van der Waals surface area contributed by atoms with Crippen molar-refractivity contribution >= 4 is 21.9 Å². The molecule has 108 valence electrons. The molecule has 0 spiro atoms. The highest BCUT2D eigenvalue weighted by Crippen LogP contribution is 2.33. The Labute approximate surface area is 128 Å². The fraction of sp³-hybridized carbons (Fsp3) is 0.562. The van der Waals surface area contributed by atoms with Crippen LogP contribution in [0.3, 0.4) is 0 Å². The van der Waals surface area contributed by atoms with Gasteiger partial charge in [0.05, 0.1) is 0 Å². The van der Waals surface area contributed by atoms with Crippen molar-refractivity contribution in [3.8, 4) is 0 Å². The van der Waals surface area contributed by atoms with Gasteiger partial charge in [-0.1, -0.05) is 28.9 Å². The van der Waals surface area contributed by atoms with E-state index in [0.717, 1.165) is 36.7 Å². The summed E-state index contributed by atoms with van der Waals surface area (Å²) in [5, 5.41) is 9.47. The molecule has 20 heavy (non-hydrogen) atoms. The quantitative estimate of drug-likeness (QED) is 0.901. The highest BCUT2D eigenvalue weighted by Gasteiger charge is 2.40. The number of fused-ring (bicyclic) bond motifs is 1. The van der Waals surface area contributed by atoms with E-state index in [1.807, 2.05) is 0 Å². The largest absolute Gasteiger partial charge is 0.480 e. The SMILES string of the molecule is CC1CCN(C2CCc3cc(Br)ccc3C2)C1C(=O)O. The lowest BCUT2D eigenvalue weighted by molar-refractivity contribution is -0.144. The number of likely N-dealkylation sites (tertiary alicyclic amines) is 1. The molecule has 1 aromatic carbocycles. The van der Waals surface area contributed by atoms with Crippen LogP contribution in [-0.2, 0) is 17.6 Å². The Kier molecular flexibility index (Phi) is 3.87. The van der Waals surface area contributed by atoms with Crippen molar-refractivity contribution in [1.82, 2.24) is 4.90 Å². The van der Waals surface area contributed by atoms with Gasteiger partial charge in [0.15, 0.2) is 0 Å². The Hall–Kier alpha value is -0.870. The van der Waals surface area contributed by atoms with Gasteiger partial charge in [0.25, 0.3) is 0 Å². The summed E-state index contributed by atoms with van der Waals surface area (Å²) in [7, 11) is 0. The monoisotopic (exact) mass is 337 g/mol. The average Bonchev–Trinajstić information content (AvgIpc) is 2.80. The van der Waals surface area contributed by atoms with Crippen LogP contribution in [0.1, 0.15) is 30.9 Å². The van der Waals surface area contributed by atoms with Gasteiger partial charge in [-0.3, -0.25) is 9.69 Å². The van der Waals surface area contributed by atoms with Crippen LogP contribution in [0, 0.1) is 5.92 Å². The molecule has 1 N–H and O–H groups in total. The Morgan fingerprint density at radius 3 is 2.90 bits per heavy atom. The molecule has 0 bridgehead atoms. The van der Waals surface area contributed by atoms with E-state index in [2.05, 4.69) is 46.0 Å². The maximum absolute atomic E-state index is 11.5. The minimum Gasteiger partial charge on any atom is -0.480 e. The number of benzene rings is 1. The van der Waals surface area contributed by atoms with Gasteiger partial charge in [-0.15, -0.1) is 0 Å². The second-order valence-corrected chi connectivity index (χ2v) is 7.01. The maximum Gasteiger partial charge on any atom is 0.321 e. The minimum absolute atomic E-state index is 0.263. The number of halogens is 1. The van der Waals surface area contributed by atoms with Crippen molar-refractivity contribution < 1.29 is 9.90 Å². The lowest BCUT2D eigenvalue weighted by atomic mass is 9.87. The first-order valence-corrected chi connectivity index (χ1v) is 8.11. The van der Waals surface area contributed by atoms with Crippen molar-refractivity contribution in [2.75, 3.05) is 6.54 Å². The van der Waals surface area contributed by atoms with Crippen LogP contribution in [-0.4, -0.2) is 34.6 Å². The lowest BCUT2D eigenvalue weighted by Gasteiger charge is -2.35. The fourth-order valence-electron chi connectivity index (χ4n) is 3.76. The molecule has 0 aromatic heterocycles. The van der Waals surface area contributed by atoms with Crippen LogP contribution in [0.5, 0.6) is 0 Å². The molecule has 1 fully saturated rings. The third-order valence-corrected chi connectivity index (χ3v) is 5.32. The van der Waals surface area contributed by atoms with Gasteiger partial charge in [0.1, 0.15) is 6.04 Å². The zero-order valence-electron chi connectivity index (χ0n) is 11.7. The van der Waals surface area contributed by atoms with Gasteiger partial charge >= 0.3 is 5.97 Å². The molecule has 0 saturated carbocycles. The molecule has 0 amide bonds. The van der Waals surface area contributed by atoms with Gasteiger partial charge in [-0.05, 0) is 61.4 Å². The van der Waals surface area contributed by atoms with E-state index >= 15 is 0 Å². The van der Waals surface area contributed by atoms with Gasteiger partial charge in [-0.25, -0.2) is 0 Å². The highest BCUT2D eigenvalue weighted by atomic mass is 79.9. The highest BCUT2D eigenvalue weighted by molar-refractivity contribution is 9.10. The molecule has 1 aromatic rings. The van der Waals surface area contributed by atoms with Crippen molar-refractivity contribution in [3.63, 3.8) is 0 Å². The second-order valence-electron chi connectivity index (χ2n) is 6.10. The van der Waals surface area contributed by atoms with Crippen LogP contribution >= 0.6 is 15.9 Å². The Bertz CT molecular complexity index is 531. The van der Waals surface area contributed by atoms with E-state index in [1.165, 1.54) is 11.1 Å². The van der Waals surface area contributed by atoms with Crippen molar-refractivity contribution in [2.45, 2.75) is 44.7 Å². The van der Waals surface area contributed by atoms with E-state index in [-0.39, 0.29) is 12.0 Å². The molecule has 3 unspecified atom stereocenters. The molecular formula is C16H20BrNO2. The summed E-state index contributed by atoms with van der Waals surface area (Å²) >= 11 is 3.52. The smallest absolute Gasteiger partial charge is 0.321 e. The van der Waals surface area contributed by atoms with Gasteiger partial charge in [0.2, 0.25) is 0 Å². The number of hydrogen-bond acceptors (Lipinski definition) is 2. The van der Waals surface area contributed by atoms with Crippen LogP contribution in [0.15, 0.2) is 22.7 Å². The van der Waals surface area contributed by atoms with Gasteiger partial charge < -0.3 is 5.11 Å². The zero-order chi connectivity index (χ0) is 14.3. The van der Waals surface area contributed by atoms with Crippen LogP contribution in [0.2, 0.25) is 0 Å². The third kappa shape index (κ3) is 2.51. The van der Waals surface area contributed by atoms with Crippen LogP contribution < -0.4 is 0 Å². The summed E-state index contributed by atoms with van der Waals surface area (Å²) < 4.78 is 1.13. The van der Waals surface area contributed by atoms with E-state index in [4.69, 9.17) is 0 Å². The van der Waals surface area contributed by atoms with E-state index in [0.29, 0.717) is 6.04 Å². The summed E-state index contributed by atoms with van der Waals surface area (Å²) in [5.74, 6) is -0.393. The van der Waals surface area contributed by atoms with Crippen molar-refractivity contribution in [3.05, 3.63) is 33.8 Å². The van der Waals surface area contributed by atoms with Crippen LogP contribution in [0.25, 0.3) is 0 Å². The first-order chi connectivity index (χ1) is 9.56. The predicted molar refractivity (Wildman–Crippen MR) is 81.9 cm³/mol. The molecule has 2 aliphatic rings. The molecule has 0 radical (unpaired) electrons.